The molecule has 0 radical (unpaired) electrons. The van der Waals surface area contributed by atoms with E-state index in [1.165, 1.54) is 5.56 Å². The first kappa shape index (κ1) is 11.4. The number of carbonyl (C=O) groups is 1. The number of allylic oxidation sites excluding steroid dienone is 2. The van der Waals surface area contributed by atoms with E-state index in [9.17, 15) is 4.79 Å². The van der Waals surface area contributed by atoms with E-state index in [0.29, 0.717) is 6.61 Å². The molecule has 4 rings (SSSR count). The summed E-state index contributed by atoms with van der Waals surface area (Å²) in [6.07, 6.45) is 8.74. The van der Waals surface area contributed by atoms with Gasteiger partial charge >= 0.3 is 0 Å². The molecule has 3 atom stereocenters. The summed E-state index contributed by atoms with van der Waals surface area (Å²) >= 11 is 0. The van der Waals surface area contributed by atoms with E-state index in [2.05, 4.69) is 18.2 Å². The molecule has 0 saturated heterocycles. The number of fused-ring (bicyclic) bond motifs is 2. The topological polar surface area (TPSA) is 26.3 Å². The van der Waals surface area contributed by atoms with Gasteiger partial charge < -0.3 is 4.74 Å². The van der Waals surface area contributed by atoms with Crippen molar-refractivity contribution in [2.24, 2.45) is 11.8 Å². The van der Waals surface area contributed by atoms with Gasteiger partial charge in [-0.15, -0.1) is 0 Å². The first-order valence-electron chi connectivity index (χ1n) is 6.39. The van der Waals surface area contributed by atoms with Crippen LogP contribution in [0.2, 0.25) is 0 Å². The van der Waals surface area contributed by atoms with Gasteiger partial charge in [-0.3, -0.25) is 4.79 Å². The summed E-state index contributed by atoms with van der Waals surface area (Å²) in [6.45, 7) is 0.616. The highest BCUT2D eigenvalue weighted by Crippen LogP contribution is 2.31. The van der Waals surface area contributed by atoms with Crippen molar-refractivity contribution in [3.8, 4) is 0 Å². The fourth-order valence-corrected chi connectivity index (χ4v) is 2.56. The molecule has 92 valence electrons. The van der Waals surface area contributed by atoms with Crippen LogP contribution < -0.4 is 0 Å². The second-order valence-electron chi connectivity index (χ2n) is 4.90. The maximum Gasteiger partial charge on any atom is 0.162 e. The summed E-state index contributed by atoms with van der Waals surface area (Å²) in [6, 6.07) is 10.2. The lowest BCUT2D eigenvalue weighted by atomic mass is 9.87. The highest BCUT2D eigenvalue weighted by atomic mass is 16.5. The Labute approximate surface area is 107 Å². The number of rotatable bonds is 3. The Bertz CT molecular complexity index is 487. The standard InChI is InChI=1S/C16H16O2/c17-15-9-8-13-6-7-14(15)10-16(13)18-11-12-4-2-1-3-5-12/h1-9,13-14,16H,10-11H2/t13-,14-,16-/m0/s1. The van der Waals surface area contributed by atoms with Crippen LogP contribution in [0.25, 0.3) is 0 Å². The van der Waals surface area contributed by atoms with Gasteiger partial charge in [0.15, 0.2) is 5.78 Å². The summed E-state index contributed by atoms with van der Waals surface area (Å²) in [4.78, 5) is 11.7. The lowest BCUT2D eigenvalue weighted by Crippen LogP contribution is -2.27. The van der Waals surface area contributed by atoms with E-state index < -0.39 is 0 Å². The quantitative estimate of drug-likeness (QED) is 0.759. The van der Waals surface area contributed by atoms with Gasteiger partial charge in [-0.25, -0.2) is 0 Å². The van der Waals surface area contributed by atoms with E-state index >= 15 is 0 Å². The first-order chi connectivity index (χ1) is 8.83. The lowest BCUT2D eigenvalue weighted by Gasteiger charge is -2.27. The molecule has 0 aromatic heterocycles. The van der Waals surface area contributed by atoms with Gasteiger partial charge in [-0.2, -0.15) is 0 Å². The minimum absolute atomic E-state index is 0.0146. The highest BCUT2D eigenvalue weighted by Gasteiger charge is 2.31. The van der Waals surface area contributed by atoms with Crippen LogP contribution in [0.4, 0.5) is 0 Å². The fourth-order valence-electron chi connectivity index (χ4n) is 2.56. The van der Waals surface area contributed by atoms with Crippen LogP contribution in [0.1, 0.15) is 12.0 Å². The lowest BCUT2D eigenvalue weighted by molar-refractivity contribution is -0.118. The molecule has 2 heteroatoms. The molecule has 3 aliphatic rings. The summed E-state index contributed by atoms with van der Waals surface area (Å²) in [5.74, 6) is 0.469. The Morgan fingerprint density at radius 1 is 1.11 bits per heavy atom. The Hall–Kier alpha value is -1.67. The van der Waals surface area contributed by atoms with Gasteiger partial charge in [-0.05, 0) is 18.1 Å². The minimum Gasteiger partial charge on any atom is -0.373 e. The average Bonchev–Trinajstić information content (AvgIpc) is 2.69. The first-order valence-corrected chi connectivity index (χ1v) is 6.39. The largest absolute Gasteiger partial charge is 0.373 e. The Morgan fingerprint density at radius 3 is 2.78 bits per heavy atom. The third-order valence-corrected chi connectivity index (χ3v) is 3.64. The Kier molecular flexibility index (Phi) is 3.11. The molecule has 0 fully saturated rings. The zero-order chi connectivity index (χ0) is 12.4. The molecule has 0 amide bonds. The van der Waals surface area contributed by atoms with Gasteiger partial charge in [-0.1, -0.05) is 48.6 Å². The van der Waals surface area contributed by atoms with Crippen molar-refractivity contribution < 1.29 is 9.53 Å². The molecule has 2 bridgehead atoms. The second-order valence-corrected chi connectivity index (χ2v) is 4.90. The van der Waals surface area contributed by atoms with E-state index in [1.54, 1.807) is 6.08 Å². The molecule has 0 unspecified atom stereocenters. The highest BCUT2D eigenvalue weighted by molar-refractivity contribution is 5.93. The predicted molar refractivity (Wildman–Crippen MR) is 69.9 cm³/mol. The number of hydrogen-bond acceptors (Lipinski definition) is 2. The Morgan fingerprint density at radius 2 is 1.94 bits per heavy atom. The van der Waals surface area contributed by atoms with Crippen molar-refractivity contribution in [1.82, 2.24) is 0 Å². The van der Waals surface area contributed by atoms with Gasteiger partial charge in [0.1, 0.15) is 0 Å². The van der Waals surface area contributed by atoms with Crippen molar-refractivity contribution in [3.05, 3.63) is 60.2 Å². The summed E-state index contributed by atoms with van der Waals surface area (Å²) in [5.41, 5.74) is 1.18. The summed E-state index contributed by atoms with van der Waals surface area (Å²) in [7, 11) is 0. The number of benzene rings is 1. The maximum atomic E-state index is 11.7. The molecule has 0 aliphatic heterocycles. The molecular formula is C16H16O2. The smallest absolute Gasteiger partial charge is 0.162 e. The van der Waals surface area contributed by atoms with E-state index in [-0.39, 0.29) is 23.7 Å². The summed E-state index contributed by atoms with van der Waals surface area (Å²) in [5, 5.41) is 0. The fraction of sp³-hybridized carbons (Fsp3) is 0.312. The van der Waals surface area contributed by atoms with Crippen LogP contribution in [-0.2, 0) is 16.1 Å². The normalized spacial score (nSPS) is 29.6. The number of ketones is 1. The Balaban J connectivity index is 1.67. The number of carbonyl (C=O) groups excluding carboxylic acids is 1. The zero-order valence-electron chi connectivity index (χ0n) is 10.2. The van der Waals surface area contributed by atoms with Crippen molar-refractivity contribution in [2.75, 3.05) is 0 Å². The molecule has 0 spiro atoms. The summed E-state index contributed by atoms with van der Waals surface area (Å²) < 4.78 is 5.98. The van der Waals surface area contributed by atoms with Crippen molar-refractivity contribution >= 4 is 5.78 Å². The second kappa shape index (κ2) is 4.91. The zero-order valence-corrected chi connectivity index (χ0v) is 10.2. The predicted octanol–water partition coefficient (Wildman–Crippen LogP) is 2.90. The molecule has 0 saturated carbocycles. The minimum atomic E-state index is 0.0146. The van der Waals surface area contributed by atoms with Crippen LogP contribution in [0.5, 0.6) is 0 Å². The third kappa shape index (κ3) is 2.29. The molecule has 18 heavy (non-hydrogen) atoms. The molecule has 0 N–H and O–H groups in total. The van der Waals surface area contributed by atoms with Crippen molar-refractivity contribution in [1.29, 1.82) is 0 Å². The van der Waals surface area contributed by atoms with Crippen LogP contribution in [0.15, 0.2) is 54.6 Å². The maximum absolute atomic E-state index is 11.7. The van der Waals surface area contributed by atoms with E-state index in [4.69, 9.17) is 4.74 Å². The van der Waals surface area contributed by atoms with Gasteiger partial charge in [0.05, 0.1) is 12.7 Å². The van der Waals surface area contributed by atoms with Gasteiger partial charge in [0.25, 0.3) is 0 Å². The van der Waals surface area contributed by atoms with E-state index in [1.807, 2.05) is 30.4 Å². The van der Waals surface area contributed by atoms with Crippen molar-refractivity contribution in [3.63, 3.8) is 0 Å². The van der Waals surface area contributed by atoms with Crippen LogP contribution in [0.3, 0.4) is 0 Å². The number of hydrogen-bond donors (Lipinski definition) is 0. The average molecular weight is 240 g/mol. The van der Waals surface area contributed by atoms with Crippen LogP contribution in [0, 0.1) is 11.8 Å². The SMILES string of the molecule is O=C1C=C[C@@H]2C=C[C@H]1C[C@@H]2OCc1ccccc1. The molecular weight excluding hydrogens is 224 g/mol. The van der Waals surface area contributed by atoms with E-state index in [0.717, 1.165) is 6.42 Å². The molecule has 1 aromatic rings. The third-order valence-electron chi connectivity index (χ3n) is 3.64. The molecule has 3 aliphatic carbocycles. The van der Waals surface area contributed by atoms with Crippen LogP contribution in [-0.4, -0.2) is 11.9 Å². The van der Waals surface area contributed by atoms with Crippen molar-refractivity contribution in [2.45, 2.75) is 19.1 Å². The molecule has 0 heterocycles. The monoisotopic (exact) mass is 240 g/mol. The van der Waals surface area contributed by atoms with Gasteiger partial charge in [0, 0.05) is 11.8 Å². The van der Waals surface area contributed by atoms with Gasteiger partial charge in [0.2, 0.25) is 0 Å². The molecule has 1 aromatic carbocycles. The number of ether oxygens (including phenoxy) is 1. The van der Waals surface area contributed by atoms with Crippen LogP contribution >= 0.6 is 0 Å². The molecule has 2 nitrogen and oxygen atoms in total.